The quantitative estimate of drug-likeness (QED) is 0.670. The van der Waals surface area contributed by atoms with Crippen molar-refractivity contribution in [1.82, 2.24) is 0 Å². The fourth-order valence-electron chi connectivity index (χ4n) is 3.20. The number of carboxylic acid groups (broad SMARTS) is 1. The summed E-state index contributed by atoms with van der Waals surface area (Å²) in [5.74, 6) is -0.179. The number of phenolic OH excluding ortho intramolecular Hbond substituents is 1. The van der Waals surface area contributed by atoms with E-state index in [-0.39, 0.29) is 18.3 Å². The van der Waals surface area contributed by atoms with Gasteiger partial charge in [-0.1, -0.05) is 6.07 Å². The number of phenols is 1. The smallest absolute Gasteiger partial charge is 0.328 e. The Kier molecular flexibility index (Phi) is 5.23. The van der Waals surface area contributed by atoms with Crippen molar-refractivity contribution in [2.24, 2.45) is 0 Å². The summed E-state index contributed by atoms with van der Waals surface area (Å²) in [6.45, 7) is -0.184. The van der Waals surface area contributed by atoms with Crippen molar-refractivity contribution in [2.75, 3.05) is 20.8 Å². The van der Waals surface area contributed by atoms with E-state index in [0.29, 0.717) is 22.8 Å². The maximum absolute atomic E-state index is 10.8. The highest BCUT2D eigenvalue weighted by Crippen LogP contribution is 2.51. The molecule has 3 N–H and O–H groups in total. The van der Waals surface area contributed by atoms with Gasteiger partial charge >= 0.3 is 5.97 Å². The molecular formula is C20H20O7. The summed E-state index contributed by atoms with van der Waals surface area (Å²) in [4.78, 5) is 10.8. The SMILES string of the molecule is COc1cc([C@H]2Oc3c(OC)cc(C=CC(=O)O)cc3[C@@H]2CO)ccc1O. The van der Waals surface area contributed by atoms with Crippen molar-refractivity contribution >= 4 is 12.0 Å². The highest BCUT2D eigenvalue weighted by atomic mass is 16.5. The van der Waals surface area contributed by atoms with E-state index < -0.39 is 12.1 Å². The third-order valence-electron chi connectivity index (χ3n) is 4.48. The predicted molar refractivity (Wildman–Crippen MR) is 97.5 cm³/mol. The standard InChI is InChI=1S/C20H20O7/c1-25-16-9-12(4-5-15(16)22)19-14(10-21)13-7-11(3-6-18(23)24)8-17(26-2)20(13)27-19/h3-9,14,19,21-22H,10H2,1-2H3,(H,23,24)/t14-,19+/m0/s1. The zero-order valence-corrected chi connectivity index (χ0v) is 14.9. The van der Waals surface area contributed by atoms with Crippen LogP contribution in [0, 0.1) is 0 Å². The molecule has 1 heterocycles. The summed E-state index contributed by atoms with van der Waals surface area (Å²) < 4.78 is 16.6. The first-order chi connectivity index (χ1) is 13.0. The van der Waals surface area contributed by atoms with Gasteiger partial charge in [-0.05, 0) is 41.5 Å². The second-order valence-electron chi connectivity index (χ2n) is 6.07. The molecule has 0 bridgehead atoms. The van der Waals surface area contributed by atoms with Crippen LogP contribution in [-0.2, 0) is 4.79 Å². The number of methoxy groups -OCH3 is 2. The van der Waals surface area contributed by atoms with Crippen LogP contribution in [0.25, 0.3) is 6.08 Å². The van der Waals surface area contributed by atoms with Gasteiger partial charge in [-0.3, -0.25) is 0 Å². The lowest BCUT2D eigenvalue weighted by Gasteiger charge is -2.18. The van der Waals surface area contributed by atoms with E-state index >= 15 is 0 Å². The van der Waals surface area contributed by atoms with E-state index in [1.54, 1.807) is 24.3 Å². The zero-order chi connectivity index (χ0) is 19.6. The summed E-state index contributed by atoms with van der Waals surface area (Å²) in [5.41, 5.74) is 2.07. The molecule has 1 aliphatic heterocycles. The average Bonchev–Trinajstić information content (AvgIpc) is 3.04. The molecule has 142 valence electrons. The number of hydrogen-bond acceptors (Lipinski definition) is 6. The van der Waals surface area contributed by atoms with Crippen LogP contribution in [0.4, 0.5) is 0 Å². The number of ether oxygens (including phenoxy) is 3. The summed E-state index contributed by atoms with van der Waals surface area (Å²) in [6.07, 6.45) is 1.98. The van der Waals surface area contributed by atoms with Crippen molar-refractivity contribution in [2.45, 2.75) is 12.0 Å². The number of aliphatic hydroxyl groups excluding tert-OH is 1. The Balaban J connectivity index is 2.04. The van der Waals surface area contributed by atoms with E-state index in [1.165, 1.54) is 26.4 Å². The van der Waals surface area contributed by atoms with Gasteiger partial charge in [0.2, 0.25) is 0 Å². The van der Waals surface area contributed by atoms with Crippen LogP contribution in [0.3, 0.4) is 0 Å². The van der Waals surface area contributed by atoms with Crippen LogP contribution in [0.2, 0.25) is 0 Å². The van der Waals surface area contributed by atoms with Crippen molar-refractivity contribution < 1.29 is 34.3 Å². The Labute approximate surface area is 156 Å². The van der Waals surface area contributed by atoms with E-state index in [9.17, 15) is 15.0 Å². The highest BCUT2D eigenvalue weighted by molar-refractivity contribution is 5.85. The average molecular weight is 372 g/mol. The Bertz CT molecular complexity index is 888. The first-order valence-electron chi connectivity index (χ1n) is 8.25. The van der Waals surface area contributed by atoms with E-state index in [4.69, 9.17) is 19.3 Å². The number of hydrogen-bond donors (Lipinski definition) is 3. The molecule has 27 heavy (non-hydrogen) atoms. The minimum absolute atomic E-state index is 0.0102. The van der Waals surface area contributed by atoms with E-state index in [2.05, 4.69) is 0 Å². The Morgan fingerprint density at radius 2 is 1.93 bits per heavy atom. The number of aliphatic hydroxyl groups is 1. The van der Waals surface area contributed by atoms with Crippen LogP contribution in [0.5, 0.6) is 23.0 Å². The van der Waals surface area contributed by atoms with E-state index in [0.717, 1.165) is 17.2 Å². The van der Waals surface area contributed by atoms with Crippen molar-refractivity contribution in [3.05, 3.63) is 53.1 Å². The van der Waals surface area contributed by atoms with Gasteiger partial charge in [0.25, 0.3) is 0 Å². The normalized spacial score (nSPS) is 18.2. The van der Waals surface area contributed by atoms with Gasteiger partial charge in [-0.2, -0.15) is 0 Å². The molecule has 0 aliphatic carbocycles. The Morgan fingerprint density at radius 3 is 2.56 bits per heavy atom. The van der Waals surface area contributed by atoms with Gasteiger partial charge in [0.1, 0.15) is 6.10 Å². The number of aliphatic carboxylic acids is 1. The maximum Gasteiger partial charge on any atom is 0.328 e. The zero-order valence-electron chi connectivity index (χ0n) is 14.9. The molecule has 0 saturated heterocycles. The molecule has 1 aliphatic rings. The van der Waals surface area contributed by atoms with Crippen LogP contribution in [0.15, 0.2) is 36.4 Å². The topological polar surface area (TPSA) is 105 Å². The molecule has 0 spiro atoms. The number of rotatable bonds is 6. The molecule has 0 amide bonds. The molecular weight excluding hydrogens is 352 g/mol. The molecule has 0 fully saturated rings. The van der Waals surface area contributed by atoms with Gasteiger partial charge in [0.05, 0.1) is 26.7 Å². The highest BCUT2D eigenvalue weighted by Gasteiger charge is 2.37. The summed E-state index contributed by atoms with van der Waals surface area (Å²) in [5, 5.41) is 28.6. The molecule has 7 heteroatoms. The minimum Gasteiger partial charge on any atom is -0.504 e. The van der Waals surface area contributed by atoms with Crippen molar-refractivity contribution in [3.8, 4) is 23.0 Å². The van der Waals surface area contributed by atoms with Crippen LogP contribution in [-0.4, -0.2) is 42.1 Å². The lowest BCUT2D eigenvalue weighted by atomic mass is 9.90. The fraction of sp³-hybridized carbons (Fsp3) is 0.250. The first-order valence-corrected chi connectivity index (χ1v) is 8.25. The van der Waals surface area contributed by atoms with Crippen LogP contribution < -0.4 is 14.2 Å². The number of fused-ring (bicyclic) bond motifs is 1. The van der Waals surface area contributed by atoms with Crippen molar-refractivity contribution in [3.63, 3.8) is 0 Å². The minimum atomic E-state index is -1.06. The molecule has 0 aromatic heterocycles. The first kappa shape index (κ1) is 18.6. The van der Waals surface area contributed by atoms with Crippen LogP contribution >= 0.6 is 0 Å². The molecule has 0 radical (unpaired) electrons. The lowest BCUT2D eigenvalue weighted by molar-refractivity contribution is -0.131. The van der Waals surface area contributed by atoms with Gasteiger partial charge in [0, 0.05) is 11.6 Å². The molecule has 7 nitrogen and oxygen atoms in total. The summed E-state index contributed by atoms with van der Waals surface area (Å²) in [7, 11) is 2.95. The third kappa shape index (κ3) is 3.54. The Morgan fingerprint density at radius 1 is 1.19 bits per heavy atom. The second kappa shape index (κ2) is 7.59. The van der Waals surface area contributed by atoms with Gasteiger partial charge < -0.3 is 29.5 Å². The van der Waals surface area contributed by atoms with Gasteiger partial charge in [-0.15, -0.1) is 0 Å². The second-order valence-corrected chi connectivity index (χ2v) is 6.07. The number of benzene rings is 2. The largest absolute Gasteiger partial charge is 0.504 e. The molecule has 2 aromatic rings. The van der Waals surface area contributed by atoms with Crippen molar-refractivity contribution in [1.29, 1.82) is 0 Å². The molecule has 3 rings (SSSR count). The lowest BCUT2D eigenvalue weighted by Crippen LogP contribution is -2.13. The molecule has 2 aromatic carbocycles. The van der Waals surface area contributed by atoms with Gasteiger partial charge in [0.15, 0.2) is 23.0 Å². The molecule has 0 unspecified atom stereocenters. The van der Waals surface area contributed by atoms with Crippen LogP contribution in [0.1, 0.15) is 28.7 Å². The predicted octanol–water partition coefficient (Wildman–Crippen LogP) is 2.72. The summed E-state index contributed by atoms with van der Waals surface area (Å²) >= 11 is 0. The van der Waals surface area contributed by atoms with E-state index in [1.807, 2.05) is 0 Å². The Hall–Kier alpha value is -3.19. The third-order valence-corrected chi connectivity index (χ3v) is 4.48. The maximum atomic E-state index is 10.8. The fourth-order valence-corrected chi connectivity index (χ4v) is 3.20. The monoisotopic (exact) mass is 372 g/mol. The number of carbonyl (C=O) groups is 1. The number of carboxylic acids is 1. The van der Waals surface area contributed by atoms with Gasteiger partial charge in [-0.25, -0.2) is 4.79 Å². The molecule has 2 atom stereocenters. The summed E-state index contributed by atoms with van der Waals surface area (Å²) in [6, 6.07) is 8.32. The molecule has 0 saturated carbocycles. The number of aromatic hydroxyl groups is 1.